The SMILES string of the molecule is CSC(=NCCc1ccc(Cl)s1)NC#N. The van der Waals surface area contributed by atoms with E-state index in [0.717, 1.165) is 10.8 Å². The van der Waals surface area contributed by atoms with Gasteiger partial charge in [-0.05, 0) is 18.4 Å². The van der Waals surface area contributed by atoms with Gasteiger partial charge < -0.3 is 0 Å². The molecule has 0 aliphatic rings. The lowest BCUT2D eigenvalue weighted by atomic mass is 10.3. The number of hydrogen-bond donors (Lipinski definition) is 1. The molecule has 1 aromatic rings. The van der Waals surface area contributed by atoms with Crippen LogP contribution in [0, 0.1) is 11.5 Å². The van der Waals surface area contributed by atoms with Crippen molar-refractivity contribution in [3.8, 4) is 6.19 Å². The molecule has 0 amide bonds. The molecule has 0 spiro atoms. The average molecular weight is 260 g/mol. The maximum absolute atomic E-state index is 8.42. The third kappa shape index (κ3) is 4.56. The maximum Gasteiger partial charge on any atom is 0.183 e. The molecule has 6 heteroatoms. The predicted molar refractivity (Wildman–Crippen MR) is 67.6 cm³/mol. The highest BCUT2D eigenvalue weighted by atomic mass is 35.5. The summed E-state index contributed by atoms with van der Waals surface area (Å²) in [4.78, 5) is 5.46. The Bertz CT molecular complexity index is 381. The van der Waals surface area contributed by atoms with Gasteiger partial charge in [0.2, 0.25) is 0 Å². The van der Waals surface area contributed by atoms with Gasteiger partial charge in [0.05, 0.1) is 4.34 Å². The third-order valence-corrected chi connectivity index (χ3v) is 3.51. The number of amidine groups is 1. The van der Waals surface area contributed by atoms with Gasteiger partial charge in [0.15, 0.2) is 11.4 Å². The van der Waals surface area contributed by atoms with Gasteiger partial charge in [-0.3, -0.25) is 10.3 Å². The van der Waals surface area contributed by atoms with Crippen LogP contribution in [0.25, 0.3) is 0 Å². The first-order valence-corrected chi connectivity index (χ1v) is 6.66. The molecule has 1 N–H and O–H groups in total. The largest absolute Gasteiger partial charge is 0.272 e. The molecule has 0 atom stereocenters. The third-order valence-electron chi connectivity index (χ3n) is 1.60. The zero-order valence-corrected chi connectivity index (χ0v) is 10.5. The summed E-state index contributed by atoms with van der Waals surface area (Å²) in [5.74, 6) is 0. The van der Waals surface area contributed by atoms with Gasteiger partial charge in [-0.15, -0.1) is 11.3 Å². The summed E-state index contributed by atoms with van der Waals surface area (Å²) in [6.45, 7) is 0.668. The highest BCUT2D eigenvalue weighted by molar-refractivity contribution is 8.13. The summed E-state index contributed by atoms with van der Waals surface area (Å²) in [6.07, 6.45) is 4.59. The van der Waals surface area contributed by atoms with Crippen LogP contribution in [-0.4, -0.2) is 18.0 Å². The number of halogens is 1. The Morgan fingerprint density at radius 3 is 3.07 bits per heavy atom. The molecule has 15 heavy (non-hydrogen) atoms. The number of nitriles is 1. The second-order valence-corrected chi connectivity index (χ2v) is 5.18. The first-order chi connectivity index (χ1) is 7.26. The minimum absolute atomic E-state index is 0.653. The number of nitrogens with zero attached hydrogens (tertiary/aromatic N) is 2. The van der Waals surface area contributed by atoms with Gasteiger partial charge in [-0.1, -0.05) is 23.4 Å². The quantitative estimate of drug-likeness (QED) is 0.393. The highest BCUT2D eigenvalue weighted by Gasteiger charge is 1.98. The first kappa shape index (κ1) is 12.4. The molecule has 0 radical (unpaired) electrons. The molecule has 1 heterocycles. The zero-order valence-electron chi connectivity index (χ0n) is 8.16. The summed E-state index contributed by atoms with van der Waals surface area (Å²) < 4.78 is 0.800. The molecule has 1 aromatic heterocycles. The molecule has 0 saturated carbocycles. The lowest BCUT2D eigenvalue weighted by molar-refractivity contribution is 0.983. The summed E-state index contributed by atoms with van der Waals surface area (Å²) in [5, 5.41) is 11.6. The van der Waals surface area contributed by atoms with Gasteiger partial charge in [-0.2, -0.15) is 5.26 Å². The summed E-state index contributed by atoms with van der Waals surface area (Å²) in [5.41, 5.74) is 0. The number of nitrogens with one attached hydrogen (secondary N) is 1. The van der Waals surface area contributed by atoms with E-state index in [1.165, 1.54) is 16.6 Å². The van der Waals surface area contributed by atoms with Gasteiger partial charge >= 0.3 is 0 Å². The van der Waals surface area contributed by atoms with E-state index in [-0.39, 0.29) is 0 Å². The standard InChI is InChI=1S/C9H10ClN3S2/c1-14-9(13-6-11)12-5-4-7-2-3-8(10)15-7/h2-3H,4-5H2,1H3,(H,12,13). The Hall–Kier alpha value is -0.700. The van der Waals surface area contributed by atoms with Crippen molar-refractivity contribution in [1.82, 2.24) is 5.32 Å². The van der Waals surface area contributed by atoms with Gasteiger partial charge in [-0.25, -0.2) is 0 Å². The molecule has 0 saturated heterocycles. The van der Waals surface area contributed by atoms with E-state index in [0.29, 0.717) is 11.7 Å². The molecular weight excluding hydrogens is 250 g/mol. The van der Waals surface area contributed by atoms with Crippen LogP contribution >= 0.6 is 34.7 Å². The molecular formula is C9H10ClN3S2. The van der Waals surface area contributed by atoms with Crippen LogP contribution in [0.3, 0.4) is 0 Å². The molecule has 0 aliphatic heterocycles. The number of thiophene rings is 1. The minimum Gasteiger partial charge on any atom is -0.272 e. The number of rotatable bonds is 3. The van der Waals surface area contributed by atoms with Crippen LogP contribution in [0.4, 0.5) is 0 Å². The van der Waals surface area contributed by atoms with Crippen molar-refractivity contribution in [3.63, 3.8) is 0 Å². The van der Waals surface area contributed by atoms with Crippen molar-refractivity contribution in [2.45, 2.75) is 6.42 Å². The monoisotopic (exact) mass is 259 g/mol. The van der Waals surface area contributed by atoms with Crippen molar-refractivity contribution in [2.24, 2.45) is 4.99 Å². The lowest BCUT2D eigenvalue weighted by Crippen LogP contribution is -2.13. The number of hydrogen-bond acceptors (Lipinski definition) is 4. The summed E-state index contributed by atoms with van der Waals surface area (Å²) in [7, 11) is 0. The van der Waals surface area contributed by atoms with Gasteiger partial charge in [0.1, 0.15) is 0 Å². The normalized spacial score (nSPS) is 11.1. The first-order valence-electron chi connectivity index (χ1n) is 4.24. The summed E-state index contributed by atoms with van der Waals surface area (Å²) >= 11 is 8.79. The summed E-state index contributed by atoms with van der Waals surface area (Å²) in [6, 6.07) is 3.88. The fraction of sp³-hybridized carbons (Fsp3) is 0.333. The highest BCUT2D eigenvalue weighted by Crippen LogP contribution is 2.21. The van der Waals surface area contributed by atoms with Gasteiger partial charge in [0, 0.05) is 17.8 Å². The Morgan fingerprint density at radius 1 is 1.73 bits per heavy atom. The molecule has 0 fully saturated rings. The Labute approximate surface area is 102 Å². The van der Waals surface area contributed by atoms with Crippen LogP contribution in [0.15, 0.2) is 17.1 Å². The second kappa shape index (κ2) is 6.72. The van der Waals surface area contributed by atoms with E-state index in [1.807, 2.05) is 24.6 Å². The van der Waals surface area contributed by atoms with Crippen molar-refractivity contribution >= 4 is 39.9 Å². The van der Waals surface area contributed by atoms with E-state index in [2.05, 4.69) is 10.3 Å². The van der Waals surface area contributed by atoms with Gasteiger partial charge in [0.25, 0.3) is 0 Å². The molecule has 0 aliphatic carbocycles. The van der Waals surface area contributed by atoms with Crippen molar-refractivity contribution in [2.75, 3.05) is 12.8 Å². The van der Waals surface area contributed by atoms with E-state index in [9.17, 15) is 0 Å². The predicted octanol–water partition coefficient (Wildman–Crippen LogP) is 2.73. The van der Waals surface area contributed by atoms with Crippen molar-refractivity contribution in [1.29, 1.82) is 5.26 Å². The van der Waals surface area contributed by atoms with Crippen LogP contribution < -0.4 is 5.32 Å². The maximum atomic E-state index is 8.42. The van der Waals surface area contributed by atoms with Crippen LogP contribution in [0.5, 0.6) is 0 Å². The van der Waals surface area contributed by atoms with E-state index >= 15 is 0 Å². The molecule has 0 unspecified atom stereocenters. The molecule has 3 nitrogen and oxygen atoms in total. The van der Waals surface area contributed by atoms with E-state index < -0.39 is 0 Å². The minimum atomic E-state index is 0.653. The Balaban J connectivity index is 2.40. The smallest absolute Gasteiger partial charge is 0.183 e. The van der Waals surface area contributed by atoms with E-state index in [1.54, 1.807) is 11.3 Å². The Morgan fingerprint density at radius 2 is 2.53 bits per heavy atom. The van der Waals surface area contributed by atoms with E-state index in [4.69, 9.17) is 16.9 Å². The molecule has 0 bridgehead atoms. The lowest BCUT2D eigenvalue weighted by Gasteiger charge is -1.98. The van der Waals surface area contributed by atoms with Crippen molar-refractivity contribution in [3.05, 3.63) is 21.3 Å². The number of thioether (sulfide) groups is 1. The molecule has 80 valence electrons. The van der Waals surface area contributed by atoms with Crippen molar-refractivity contribution < 1.29 is 0 Å². The number of aliphatic imine (C=N–C) groups is 1. The molecule has 0 aromatic carbocycles. The Kier molecular flexibility index (Phi) is 5.54. The average Bonchev–Trinajstić information content (AvgIpc) is 2.63. The topological polar surface area (TPSA) is 48.2 Å². The van der Waals surface area contributed by atoms with Crippen LogP contribution in [0.1, 0.15) is 4.88 Å². The fourth-order valence-electron chi connectivity index (χ4n) is 0.957. The fourth-order valence-corrected chi connectivity index (χ4v) is 2.40. The van der Waals surface area contributed by atoms with Crippen LogP contribution in [-0.2, 0) is 6.42 Å². The second-order valence-electron chi connectivity index (χ2n) is 2.58. The zero-order chi connectivity index (χ0) is 11.1. The molecule has 1 rings (SSSR count). The van der Waals surface area contributed by atoms with Crippen LogP contribution in [0.2, 0.25) is 4.34 Å².